The number of carbonyl (C=O) groups excluding carboxylic acids is 4. The molecular weight excluding hydrogens is 1280 g/mol. The van der Waals surface area contributed by atoms with Crippen LogP contribution in [0.4, 0.5) is 0 Å². The lowest BCUT2D eigenvalue weighted by atomic mass is 9.99. The van der Waals surface area contributed by atoms with E-state index < -0.39 is 97.5 Å². The van der Waals surface area contributed by atoms with Crippen molar-refractivity contribution in [3.8, 4) is 0 Å². The summed E-state index contributed by atoms with van der Waals surface area (Å²) in [4.78, 5) is 72.9. The maximum Gasteiger partial charge on any atom is 0.472 e. The van der Waals surface area contributed by atoms with E-state index in [1.807, 2.05) is 0 Å². The monoisotopic (exact) mass is 1440 g/mol. The van der Waals surface area contributed by atoms with Gasteiger partial charge in [0.1, 0.15) is 19.3 Å². The summed E-state index contributed by atoms with van der Waals surface area (Å²) in [5, 5.41) is 10.6. The minimum atomic E-state index is -4.96. The average molecular weight is 1440 g/mol. The molecule has 0 radical (unpaired) electrons. The maximum atomic E-state index is 13.1. The number of aliphatic hydroxyl groups is 1. The summed E-state index contributed by atoms with van der Waals surface area (Å²) >= 11 is 0. The SMILES string of the molecule is CCCCCCCCCCCCCCCCCCCCCCCCC(=O)O[C@H](COC(=O)CCCCCCCCCCCCC(C)CC)COP(=O)(O)OC[C@@H](O)COP(=O)(O)OC[C@@H](COC(=O)CCCCCCCCCC(C)C)OC(=O)CCCCCCCCCCC(C)CC. The molecule has 98 heavy (non-hydrogen) atoms. The number of ether oxygens (including phenoxy) is 4. The Morgan fingerprint density at radius 2 is 0.520 bits per heavy atom. The van der Waals surface area contributed by atoms with Gasteiger partial charge in [0.2, 0.25) is 0 Å². The van der Waals surface area contributed by atoms with Gasteiger partial charge in [-0.2, -0.15) is 0 Å². The normalized spacial score (nSPS) is 14.6. The lowest BCUT2D eigenvalue weighted by Crippen LogP contribution is -2.30. The molecule has 0 rings (SSSR count). The number of hydrogen-bond acceptors (Lipinski definition) is 15. The summed E-state index contributed by atoms with van der Waals surface area (Å²) in [6, 6.07) is 0. The smallest absolute Gasteiger partial charge is 0.462 e. The van der Waals surface area contributed by atoms with Crippen LogP contribution in [0.2, 0.25) is 0 Å². The molecule has 0 aromatic heterocycles. The van der Waals surface area contributed by atoms with Crippen molar-refractivity contribution in [2.45, 2.75) is 426 Å². The third-order valence-electron chi connectivity index (χ3n) is 19.1. The second-order valence-corrected chi connectivity index (χ2v) is 32.3. The van der Waals surface area contributed by atoms with Gasteiger partial charge in [0.05, 0.1) is 26.4 Å². The average Bonchev–Trinajstić information content (AvgIpc) is 1.08. The number of carbonyl (C=O) groups is 4. The number of phosphoric acid groups is 2. The molecule has 3 N–H and O–H groups in total. The fourth-order valence-corrected chi connectivity index (χ4v) is 13.6. The van der Waals surface area contributed by atoms with E-state index in [0.717, 1.165) is 108 Å². The zero-order valence-corrected chi connectivity index (χ0v) is 66.0. The molecule has 0 heterocycles. The molecule has 0 saturated heterocycles. The summed E-state index contributed by atoms with van der Waals surface area (Å²) in [7, 11) is -9.92. The molecule has 0 aliphatic heterocycles. The first kappa shape index (κ1) is 96.1. The third kappa shape index (κ3) is 69.8. The lowest BCUT2D eigenvalue weighted by Gasteiger charge is -2.21. The van der Waals surface area contributed by atoms with Gasteiger partial charge in [-0.3, -0.25) is 37.3 Å². The van der Waals surface area contributed by atoms with E-state index in [9.17, 15) is 43.2 Å². The van der Waals surface area contributed by atoms with E-state index in [0.29, 0.717) is 31.6 Å². The number of rotatable bonds is 77. The van der Waals surface area contributed by atoms with Gasteiger partial charge in [0.15, 0.2) is 12.2 Å². The Hall–Kier alpha value is -1.94. The summed E-state index contributed by atoms with van der Waals surface area (Å²) in [5.41, 5.74) is 0. The molecule has 0 aromatic rings. The lowest BCUT2D eigenvalue weighted by molar-refractivity contribution is -0.161. The van der Waals surface area contributed by atoms with Crippen molar-refractivity contribution in [3.05, 3.63) is 0 Å². The Balaban J connectivity index is 5.21. The summed E-state index contributed by atoms with van der Waals surface area (Å²) < 4.78 is 68.6. The van der Waals surface area contributed by atoms with Crippen LogP contribution < -0.4 is 0 Å². The van der Waals surface area contributed by atoms with Crippen molar-refractivity contribution in [2.24, 2.45) is 17.8 Å². The van der Waals surface area contributed by atoms with Crippen LogP contribution >= 0.6 is 15.6 Å². The standard InChI is InChI=1S/C79H154O17P2/c1-8-11-12-13-14-15-16-17-18-19-20-21-22-23-24-25-26-27-32-40-48-55-62-78(83)95-74(66-89-76(81)60-53-46-39-31-29-28-30-37-44-51-58-71(6)9-2)68-93-97(85,86)91-64-73(80)65-92-98(87,88)94-69-75(67-90-77(82)61-54-47-42-35-36-43-50-57-70(4)5)96-79(84)63-56-49-41-34-33-38-45-52-59-72(7)10-3/h70-75,80H,8-69H2,1-7H3,(H,85,86)(H,87,88)/t71?,72?,73-,74-,75-/m1/s1. The van der Waals surface area contributed by atoms with E-state index in [4.69, 9.17) is 37.0 Å². The zero-order chi connectivity index (χ0) is 72.3. The highest BCUT2D eigenvalue weighted by Gasteiger charge is 2.30. The molecule has 0 spiro atoms. The zero-order valence-electron chi connectivity index (χ0n) is 64.3. The molecule has 0 amide bonds. The summed E-state index contributed by atoms with van der Waals surface area (Å²) in [6.07, 6.45) is 57.0. The van der Waals surface area contributed by atoms with Crippen LogP contribution in [0.1, 0.15) is 408 Å². The van der Waals surface area contributed by atoms with Crippen LogP contribution in [0.3, 0.4) is 0 Å². The second kappa shape index (κ2) is 69.4. The van der Waals surface area contributed by atoms with Gasteiger partial charge in [-0.25, -0.2) is 9.13 Å². The largest absolute Gasteiger partial charge is 0.472 e. The summed E-state index contributed by atoms with van der Waals surface area (Å²) in [6.45, 7) is 11.9. The summed E-state index contributed by atoms with van der Waals surface area (Å²) in [5.74, 6) is 0.165. The minimum Gasteiger partial charge on any atom is -0.462 e. The quantitative estimate of drug-likeness (QED) is 0.0222. The molecule has 17 nitrogen and oxygen atoms in total. The van der Waals surface area contributed by atoms with Crippen molar-refractivity contribution in [1.82, 2.24) is 0 Å². The first-order chi connectivity index (χ1) is 47.3. The van der Waals surface area contributed by atoms with Gasteiger partial charge in [-0.15, -0.1) is 0 Å². The van der Waals surface area contributed by atoms with E-state index in [-0.39, 0.29) is 25.7 Å². The fraction of sp³-hybridized carbons (Fsp3) is 0.949. The van der Waals surface area contributed by atoms with Crippen molar-refractivity contribution in [3.63, 3.8) is 0 Å². The van der Waals surface area contributed by atoms with Gasteiger partial charge >= 0.3 is 39.5 Å². The van der Waals surface area contributed by atoms with Crippen molar-refractivity contribution >= 4 is 39.5 Å². The van der Waals surface area contributed by atoms with Crippen LogP contribution in [0, 0.1) is 17.8 Å². The van der Waals surface area contributed by atoms with Crippen LogP contribution in [-0.4, -0.2) is 96.7 Å². The molecule has 0 aromatic carbocycles. The number of esters is 4. The Kier molecular flexibility index (Phi) is 68.1. The van der Waals surface area contributed by atoms with E-state index in [2.05, 4.69) is 48.5 Å². The van der Waals surface area contributed by atoms with Gasteiger partial charge in [-0.1, -0.05) is 357 Å². The highest BCUT2D eigenvalue weighted by molar-refractivity contribution is 7.47. The number of hydrogen-bond donors (Lipinski definition) is 3. The number of phosphoric ester groups is 2. The predicted octanol–water partition coefficient (Wildman–Crippen LogP) is 23.4. The van der Waals surface area contributed by atoms with Crippen LogP contribution in [0.15, 0.2) is 0 Å². The minimum absolute atomic E-state index is 0.104. The fourth-order valence-electron chi connectivity index (χ4n) is 12.1. The predicted molar refractivity (Wildman–Crippen MR) is 400 cm³/mol. The van der Waals surface area contributed by atoms with Gasteiger partial charge in [-0.05, 0) is 43.4 Å². The molecule has 4 unspecified atom stereocenters. The Labute approximate surface area is 600 Å². The molecule has 0 bridgehead atoms. The van der Waals surface area contributed by atoms with Crippen LogP contribution in [-0.2, 0) is 65.4 Å². The van der Waals surface area contributed by atoms with E-state index in [1.54, 1.807) is 0 Å². The Morgan fingerprint density at radius 3 is 0.776 bits per heavy atom. The van der Waals surface area contributed by atoms with Gasteiger partial charge < -0.3 is 33.8 Å². The maximum absolute atomic E-state index is 13.1. The molecule has 7 atom stereocenters. The first-order valence-corrected chi connectivity index (χ1v) is 43.9. The van der Waals surface area contributed by atoms with Crippen molar-refractivity contribution in [2.75, 3.05) is 39.6 Å². The van der Waals surface area contributed by atoms with Crippen LogP contribution in [0.25, 0.3) is 0 Å². The molecule has 0 aliphatic carbocycles. The number of unbranched alkanes of at least 4 members (excludes halogenated alkanes) is 43. The van der Waals surface area contributed by atoms with E-state index in [1.165, 1.54) is 212 Å². The topological polar surface area (TPSA) is 237 Å². The van der Waals surface area contributed by atoms with Gasteiger partial charge in [0.25, 0.3) is 0 Å². The Bertz CT molecular complexity index is 1910. The molecule has 0 fully saturated rings. The molecular formula is C79H154O17P2. The second-order valence-electron chi connectivity index (χ2n) is 29.4. The number of aliphatic hydroxyl groups excluding tert-OH is 1. The van der Waals surface area contributed by atoms with Crippen molar-refractivity contribution in [1.29, 1.82) is 0 Å². The molecule has 582 valence electrons. The highest BCUT2D eigenvalue weighted by Crippen LogP contribution is 2.45. The van der Waals surface area contributed by atoms with Crippen molar-refractivity contribution < 1.29 is 80.2 Å². The van der Waals surface area contributed by atoms with Gasteiger partial charge in [0, 0.05) is 25.7 Å². The third-order valence-corrected chi connectivity index (χ3v) is 21.0. The van der Waals surface area contributed by atoms with E-state index >= 15 is 0 Å². The highest BCUT2D eigenvalue weighted by atomic mass is 31.2. The first-order valence-electron chi connectivity index (χ1n) is 40.9. The Morgan fingerprint density at radius 1 is 0.296 bits per heavy atom. The molecule has 0 saturated carbocycles. The molecule has 19 heteroatoms. The van der Waals surface area contributed by atoms with Crippen LogP contribution in [0.5, 0.6) is 0 Å². The molecule has 0 aliphatic rings.